The molecule has 0 bridgehead atoms. The van der Waals surface area contributed by atoms with Crippen molar-refractivity contribution in [1.29, 1.82) is 0 Å². The molecule has 21 heavy (non-hydrogen) atoms. The number of aryl methyl sites for hydroxylation is 1. The standard InChI is InChI=1S/C14H19N3O3S/c1-9(2)21(18,19)17-12-6-4-5-11(7-12)14-16-13(8-15)10(3)20-14/h4-7,9,17H,8,15H2,1-3H3. The number of hydrogen-bond donors (Lipinski definition) is 2. The Bertz CT molecular complexity index is 736. The zero-order valence-electron chi connectivity index (χ0n) is 12.3. The normalized spacial score (nSPS) is 11.9. The van der Waals surface area contributed by atoms with Gasteiger partial charge in [0.05, 0.1) is 10.9 Å². The van der Waals surface area contributed by atoms with E-state index in [2.05, 4.69) is 9.71 Å². The fraction of sp³-hybridized carbons (Fsp3) is 0.357. The maximum Gasteiger partial charge on any atom is 0.235 e. The van der Waals surface area contributed by atoms with Crippen molar-refractivity contribution in [2.24, 2.45) is 5.73 Å². The highest BCUT2D eigenvalue weighted by Gasteiger charge is 2.16. The monoisotopic (exact) mass is 309 g/mol. The fourth-order valence-electron chi connectivity index (χ4n) is 1.74. The van der Waals surface area contributed by atoms with E-state index in [9.17, 15) is 8.42 Å². The predicted molar refractivity (Wildman–Crippen MR) is 82.2 cm³/mol. The molecule has 3 N–H and O–H groups in total. The third-order valence-electron chi connectivity index (χ3n) is 3.08. The molecular weight excluding hydrogens is 290 g/mol. The van der Waals surface area contributed by atoms with Crippen LogP contribution >= 0.6 is 0 Å². The van der Waals surface area contributed by atoms with Crippen LogP contribution in [0.25, 0.3) is 11.5 Å². The summed E-state index contributed by atoms with van der Waals surface area (Å²) in [6.45, 7) is 5.34. The van der Waals surface area contributed by atoms with Gasteiger partial charge >= 0.3 is 0 Å². The molecule has 0 spiro atoms. The maximum absolute atomic E-state index is 11.9. The molecule has 7 heteroatoms. The lowest BCUT2D eigenvalue weighted by Gasteiger charge is -2.11. The van der Waals surface area contributed by atoms with E-state index >= 15 is 0 Å². The smallest absolute Gasteiger partial charge is 0.235 e. The van der Waals surface area contributed by atoms with Gasteiger partial charge < -0.3 is 10.2 Å². The third-order valence-corrected chi connectivity index (χ3v) is 4.84. The maximum atomic E-state index is 11.9. The largest absolute Gasteiger partial charge is 0.441 e. The number of hydrogen-bond acceptors (Lipinski definition) is 5. The second kappa shape index (κ2) is 5.87. The number of nitrogens with zero attached hydrogens (tertiary/aromatic N) is 1. The van der Waals surface area contributed by atoms with Crippen LogP contribution in [-0.4, -0.2) is 18.7 Å². The van der Waals surface area contributed by atoms with Crippen LogP contribution in [0.2, 0.25) is 0 Å². The molecular formula is C14H19N3O3S. The van der Waals surface area contributed by atoms with Crippen LogP contribution in [0.4, 0.5) is 5.69 Å². The number of anilines is 1. The van der Waals surface area contributed by atoms with Gasteiger partial charge in [0.25, 0.3) is 0 Å². The number of benzene rings is 1. The molecule has 0 aliphatic heterocycles. The molecule has 6 nitrogen and oxygen atoms in total. The second-order valence-corrected chi connectivity index (χ2v) is 7.24. The van der Waals surface area contributed by atoms with Gasteiger partial charge in [0.15, 0.2) is 0 Å². The summed E-state index contributed by atoms with van der Waals surface area (Å²) in [5, 5.41) is -0.506. The van der Waals surface area contributed by atoms with Crippen LogP contribution in [0.1, 0.15) is 25.3 Å². The highest BCUT2D eigenvalue weighted by atomic mass is 32.2. The summed E-state index contributed by atoms with van der Waals surface area (Å²) in [6.07, 6.45) is 0. The van der Waals surface area contributed by atoms with E-state index in [1.807, 2.05) is 0 Å². The SMILES string of the molecule is Cc1oc(-c2cccc(NS(=O)(=O)C(C)C)c2)nc1CN. The molecule has 1 heterocycles. The molecule has 0 aliphatic carbocycles. The predicted octanol–water partition coefficient (Wildman–Crippen LogP) is 2.26. The minimum atomic E-state index is -3.38. The molecule has 2 rings (SSSR count). The molecule has 0 saturated heterocycles. The highest BCUT2D eigenvalue weighted by Crippen LogP contribution is 2.25. The summed E-state index contributed by atoms with van der Waals surface area (Å²) >= 11 is 0. The number of oxazole rings is 1. The van der Waals surface area contributed by atoms with E-state index in [0.717, 1.165) is 0 Å². The Morgan fingerprint density at radius 3 is 2.67 bits per heavy atom. The van der Waals surface area contributed by atoms with Crippen molar-refractivity contribution in [1.82, 2.24) is 4.98 Å². The average molecular weight is 309 g/mol. The number of nitrogens with two attached hydrogens (primary N) is 1. The van der Waals surface area contributed by atoms with E-state index in [4.69, 9.17) is 10.2 Å². The second-order valence-electron chi connectivity index (χ2n) is 5.00. The van der Waals surface area contributed by atoms with Crippen molar-refractivity contribution in [3.63, 3.8) is 0 Å². The first-order chi connectivity index (χ1) is 9.83. The van der Waals surface area contributed by atoms with Crippen LogP contribution in [0.3, 0.4) is 0 Å². The van der Waals surface area contributed by atoms with Crippen molar-refractivity contribution in [3.05, 3.63) is 35.7 Å². The Kier molecular flexibility index (Phi) is 4.34. The van der Waals surface area contributed by atoms with Gasteiger partial charge in [0.2, 0.25) is 15.9 Å². The van der Waals surface area contributed by atoms with Crippen LogP contribution in [0.5, 0.6) is 0 Å². The summed E-state index contributed by atoms with van der Waals surface area (Å²) < 4.78 is 31.9. The summed E-state index contributed by atoms with van der Waals surface area (Å²) in [6, 6.07) is 6.92. The molecule has 0 aliphatic rings. The third kappa shape index (κ3) is 3.43. The summed E-state index contributed by atoms with van der Waals surface area (Å²) in [4.78, 5) is 4.30. The zero-order chi connectivity index (χ0) is 15.6. The molecule has 1 aromatic carbocycles. The lowest BCUT2D eigenvalue weighted by Crippen LogP contribution is -2.22. The van der Waals surface area contributed by atoms with Gasteiger partial charge in [-0.05, 0) is 39.0 Å². The molecule has 0 atom stereocenters. The van der Waals surface area contributed by atoms with E-state index in [0.29, 0.717) is 35.1 Å². The van der Waals surface area contributed by atoms with Crippen LogP contribution in [-0.2, 0) is 16.6 Å². The van der Waals surface area contributed by atoms with Gasteiger partial charge in [-0.1, -0.05) is 6.07 Å². The van der Waals surface area contributed by atoms with Crippen LogP contribution in [0, 0.1) is 6.92 Å². The average Bonchev–Trinajstić information content (AvgIpc) is 2.79. The van der Waals surface area contributed by atoms with Crippen molar-refractivity contribution < 1.29 is 12.8 Å². The lowest BCUT2D eigenvalue weighted by atomic mass is 10.2. The number of sulfonamides is 1. The van der Waals surface area contributed by atoms with E-state index in [-0.39, 0.29) is 0 Å². The van der Waals surface area contributed by atoms with E-state index in [1.54, 1.807) is 45.0 Å². The molecule has 1 aromatic heterocycles. The first-order valence-corrected chi connectivity index (χ1v) is 8.16. The number of rotatable bonds is 5. The Balaban J connectivity index is 2.33. The summed E-state index contributed by atoms with van der Waals surface area (Å²) in [5.41, 5.74) is 7.44. The molecule has 2 aromatic rings. The van der Waals surface area contributed by atoms with Gasteiger partial charge in [-0.2, -0.15) is 0 Å². The van der Waals surface area contributed by atoms with Gasteiger partial charge in [0.1, 0.15) is 5.76 Å². The number of aromatic nitrogens is 1. The Hall–Kier alpha value is -1.86. The van der Waals surface area contributed by atoms with Gasteiger partial charge in [-0.25, -0.2) is 13.4 Å². The summed E-state index contributed by atoms with van der Waals surface area (Å²) in [5.74, 6) is 1.10. The van der Waals surface area contributed by atoms with Gasteiger partial charge in [0, 0.05) is 17.8 Å². The van der Waals surface area contributed by atoms with Gasteiger partial charge in [-0.15, -0.1) is 0 Å². The van der Waals surface area contributed by atoms with Crippen molar-refractivity contribution in [3.8, 4) is 11.5 Å². The molecule has 0 fully saturated rings. The van der Waals surface area contributed by atoms with Crippen LogP contribution < -0.4 is 10.5 Å². The topological polar surface area (TPSA) is 98.2 Å². The van der Waals surface area contributed by atoms with E-state index < -0.39 is 15.3 Å². The minimum Gasteiger partial charge on any atom is -0.441 e. The first kappa shape index (κ1) is 15.5. The van der Waals surface area contributed by atoms with E-state index in [1.165, 1.54) is 0 Å². The van der Waals surface area contributed by atoms with Crippen molar-refractivity contribution >= 4 is 15.7 Å². The Morgan fingerprint density at radius 2 is 2.10 bits per heavy atom. The summed E-state index contributed by atoms with van der Waals surface area (Å²) in [7, 11) is -3.38. The van der Waals surface area contributed by atoms with Crippen molar-refractivity contribution in [2.45, 2.75) is 32.6 Å². The van der Waals surface area contributed by atoms with Crippen LogP contribution in [0.15, 0.2) is 28.7 Å². The quantitative estimate of drug-likeness (QED) is 0.882. The minimum absolute atomic E-state index is 0.301. The lowest BCUT2D eigenvalue weighted by molar-refractivity contribution is 0.539. The number of nitrogens with one attached hydrogen (secondary N) is 1. The Labute approximate surface area is 124 Å². The Morgan fingerprint density at radius 1 is 1.38 bits per heavy atom. The molecule has 114 valence electrons. The molecule has 0 unspecified atom stereocenters. The first-order valence-electron chi connectivity index (χ1n) is 6.62. The molecule has 0 radical (unpaired) electrons. The highest BCUT2D eigenvalue weighted by molar-refractivity contribution is 7.93. The molecule has 0 amide bonds. The fourth-order valence-corrected chi connectivity index (χ4v) is 2.43. The van der Waals surface area contributed by atoms with Crippen molar-refractivity contribution in [2.75, 3.05) is 4.72 Å². The molecule has 0 saturated carbocycles. The zero-order valence-corrected chi connectivity index (χ0v) is 13.1. The van der Waals surface area contributed by atoms with Gasteiger partial charge in [-0.3, -0.25) is 4.72 Å².